The van der Waals surface area contributed by atoms with E-state index in [9.17, 15) is 18.0 Å². The lowest BCUT2D eigenvalue weighted by molar-refractivity contribution is -0.215. The summed E-state index contributed by atoms with van der Waals surface area (Å²) < 4.78 is 39.1. The summed E-state index contributed by atoms with van der Waals surface area (Å²) >= 11 is 0. The number of nitrogens with zero attached hydrogens (tertiary/aromatic N) is 2. The molecular formula is C10H14F3N5O. The van der Waals surface area contributed by atoms with Crippen LogP contribution in [0.4, 0.5) is 13.2 Å². The normalized spacial score (nSPS) is 23.5. The van der Waals surface area contributed by atoms with Gasteiger partial charge in [0.1, 0.15) is 12.2 Å². The Morgan fingerprint density at radius 1 is 1.53 bits per heavy atom. The van der Waals surface area contributed by atoms with Crippen molar-refractivity contribution in [2.45, 2.75) is 19.0 Å². The molecule has 0 aromatic carbocycles. The van der Waals surface area contributed by atoms with Gasteiger partial charge in [0.15, 0.2) is 5.41 Å². The second-order valence-corrected chi connectivity index (χ2v) is 4.44. The van der Waals surface area contributed by atoms with E-state index in [1.807, 2.05) is 0 Å². The molecule has 9 heteroatoms. The third kappa shape index (κ3) is 2.70. The van der Waals surface area contributed by atoms with Crippen molar-refractivity contribution in [3.05, 3.63) is 12.2 Å². The molecule has 1 fully saturated rings. The summed E-state index contributed by atoms with van der Waals surface area (Å²) in [6.45, 7) is -0.0917. The zero-order valence-corrected chi connectivity index (χ0v) is 10.0. The van der Waals surface area contributed by atoms with Crippen molar-refractivity contribution >= 4 is 5.91 Å². The molecule has 6 nitrogen and oxygen atoms in total. The van der Waals surface area contributed by atoms with E-state index in [4.69, 9.17) is 0 Å². The Kier molecular flexibility index (Phi) is 3.74. The Labute approximate surface area is 107 Å². The molecule has 1 aliphatic rings. The Bertz CT molecular complexity index is 425. The van der Waals surface area contributed by atoms with Gasteiger partial charge >= 0.3 is 6.18 Å². The quantitative estimate of drug-likeness (QED) is 0.724. The van der Waals surface area contributed by atoms with Crippen LogP contribution in [0.15, 0.2) is 6.33 Å². The number of nitrogens with one attached hydrogen (secondary N) is 3. The molecule has 0 saturated carbocycles. The molecule has 1 saturated heterocycles. The average molecular weight is 277 g/mol. The van der Waals surface area contributed by atoms with Gasteiger partial charge in [-0.3, -0.25) is 9.89 Å². The van der Waals surface area contributed by atoms with Crippen LogP contribution < -0.4 is 10.6 Å². The lowest BCUT2D eigenvalue weighted by Crippen LogP contribution is -2.52. The van der Waals surface area contributed by atoms with E-state index >= 15 is 0 Å². The number of carbonyl (C=O) groups excluding carboxylic acids is 1. The van der Waals surface area contributed by atoms with Crippen molar-refractivity contribution in [2.24, 2.45) is 5.41 Å². The number of rotatable bonds is 4. The molecule has 1 aromatic heterocycles. The van der Waals surface area contributed by atoms with Gasteiger partial charge in [0.05, 0.1) is 0 Å². The van der Waals surface area contributed by atoms with Crippen LogP contribution in [-0.2, 0) is 11.2 Å². The minimum atomic E-state index is -4.55. The highest BCUT2D eigenvalue weighted by atomic mass is 19.4. The number of alkyl halides is 3. The van der Waals surface area contributed by atoms with Crippen molar-refractivity contribution in [3.8, 4) is 0 Å². The van der Waals surface area contributed by atoms with Crippen molar-refractivity contribution < 1.29 is 18.0 Å². The van der Waals surface area contributed by atoms with Crippen LogP contribution >= 0.6 is 0 Å². The Morgan fingerprint density at radius 2 is 2.32 bits per heavy atom. The second kappa shape index (κ2) is 5.16. The van der Waals surface area contributed by atoms with E-state index in [2.05, 4.69) is 25.8 Å². The molecule has 1 unspecified atom stereocenters. The molecular weight excluding hydrogens is 263 g/mol. The fourth-order valence-electron chi connectivity index (χ4n) is 2.07. The standard InChI is InChI=1S/C10H14F3N5O/c11-10(12,13)9(2-4-14-5-9)8(19)15-3-1-7-16-6-17-18-7/h6,14H,1-5H2,(H,15,19)(H,16,17,18). The molecule has 0 spiro atoms. The van der Waals surface area contributed by atoms with E-state index in [0.29, 0.717) is 12.2 Å². The molecule has 2 heterocycles. The van der Waals surface area contributed by atoms with Crippen molar-refractivity contribution in [1.82, 2.24) is 25.8 Å². The smallest absolute Gasteiger partial charge is 0.355 e. The van der Waals surface area contributed by atoms with Gasteiger partial charge in [-0.2, -0.15) is 18.3 Å². The summed E-state index contributed by atoms with van der Waals surface area (Å²) in [4.78, 5) is 15.6. The highest BCUT2D eigenvalue weighted by molar-refractivity contribution is 5.84. The Hall–Kier alpha value is -1.64. The number of aromatic amines is 1. The zero-order chi connectivity index (χ0) is 13.9. The molecule has 106 valence electrons. The summed E-state index contributed by atoms with van der Waals surface area (Å²) in [7, 11) is 0. The van der Waals surface area contributed by atoms with E-state index in [1.165, 1.54) is 6.33 Å². The van der Waals surface area contributed by atoms with E-state index in [1.54, 1.807) is 0 Å². The summed E-state index contributed by atoms with van der Waals surface area (Å²) in [5.41, 5.74) is -2.31. The number of amides is 1. The van der Waals surface area contributed by atoms with Gasteiger partial charge in [0, 0.05) is 19.5 Å². The highest BCUT2D eigenvalue weighted by Crippen LogP contribution is 2.43. The molecule has 1 aromatic rings. The minimum Gasteiger partial charge on any atom is -0.355 e. The molecule has 3 N–H and O–H groups in total. The van der Waals surface area contributed by atoms with Crippen LogP contribution in [-0.4, -0.2) is 46.9 Å². The van der Waals surface area contributed by atoms with Crippen LogP contribution in [0.5, 0.6) is 0 Å². The molecule has 19 heavy (non-hydrogen) atoms. The monoisotopic (exact) mass is 277 g/mol. The summed E-state index contributed by atoms with van der Waals surface area (Å²) in [6, 6.07) is 0. The molecule has 1 amide bonds. The van der Waals surface area contributed by atoms with Crippen LogP contribution in [0.1, 0.15) is 12.2 Å². The number of hydrogen-bond donors (Lipinski definition) is 3. The van der Waals surface area contributed by atoms with Gasteiger partial charge < -0.3 is 10.6 Å². The van der Waals surface area contributed by atoms with Crippen molar-refractivity contribution in [2.75, 3.05) is 19.6 Å². The zero-order valence-electron chi connectivity index (χ0n) is 10.0. The number of hydrogen-bond acceptors (Lipinski definition) is 4. The highest BCUT2D eigenvalue weighted by Gasteiger charge is 2.61. The SMILES string of the molecule is O=C(NCCc1ncn[nH]1)C1(C(F)(F)F)CCNC1. The number of aromatic nitrogens is 3. The van der Waals surface area contributed by atoms with Crippen molar-refractivity contribution in [3.63, 3.8) is 0 Å². The first-order valence-electron chi connectivity index (χ1n) is 5.86. The lowest BCUT2D eigenvalue weighted by atomic mass is 9.85. The second-order valence-electron chi connectivity index (χ2n) is 4.44. The largest absolute Gasteiger partial charge is 0.404 e. The molecule has 0 aliphatic carbocycles. The summed E-state index contributed by atoms with van der Waals surface area (Å²) in [5, 5.41) is 11.1. The maximum absolute atomic E-state index is 13.0. The van der Waals surface area contributed by atoms with Crippen LogP contribution in [0.3, 0.4) is 0 Å². The maximum atomic E-state index is 13.0. The summed E-state index contributed by atoms with van der Waals surface area (Å²) in [5.74, 6) is -0.463. The predicted molar refractivity (Wildman–Crippen MR) is 59.1 cm³/mol. The molecule has 0 radical (unpaired) electrons. The van der Waals surface area contributed by atoms with Crippen LogP contribution in [0, 0.1) is 5.41 Å². The van der Waals surface area contributed by atoms with Gasteiger partial charge in [-0.25, -0.2) is 4.98 Å². The molecule has 1 atom stereocenters. The maximum Gasteiger partial charge on any atom is 0.404 e. The van der Waals surface area contributed by atoms with E-state index in [-0.39, 0.29) is 26.1 Å². The molecule has 1 aliphatic heterocycles. The van der Waals surface area contributed by atoms with E-state index in [0.717, 1.165) is 0 Å². The molecule has 0 bridgehead atoms. The number of halogens is 3. The third-order valence-electron chi connectivity index (χ3n) is 3.24. The average Bonchev–Trinajstić information content (AvgIpc) is 2.99. The molecule has 2 rings (SSSR count). The Morgan fingerprint density at radius 3 is 2.84 bits per heavy atom. The Balaban J connectivity index is 1.93. The van der Waals surface area contributed by atoms with E-state index < -0.39 is 17.5 Å². The topological polar surface area (TPSA) is 82.7 Å². The first kappa shape index (κ1) is 13.8. The van der Waals surface area contributed by atoms with Crippen LogP contribution in [0.25, 0.3) is 0 Å². The first-order valence-corrected chi connectivity index (χ1v) is 5.86. The van der Waals surface area contributed by atoms with Gasteiger partial charge in [0.2, 0.25) is 5.91 Å². The van der Waals surface area contributed by atoms with Gasteiger partial charge in [0.25, 0.3) is 0 Å². The van der Waals surface area contributed by atoms with Crippen LogP contribution in [0.2, 0.25) is 0 Å². The van der Waals surface area contributed by atoms with Crippen molar-refractivity contribution in [1.29, 1.82) is 0 Å². The lowest BCUT2D eigenvalue weighted by Gasteiger charge is -2.29. The fraction of sp³-hybridized carbons (Fsp3) is 0.700. The first-order chi connectivity index (χ1) is 8.96. The predicted octanol–water partition coefficient (Wildman–Crippen LogP) is 0.00540. The number of carbonyl (C=O) groups is 1. The fourth-order valence-corrected chi connectivity index (χ4v) is 2.07. The van der Waals surface area contributed by atoms with Gasteiger partial charge in [-0.1, -0.05) is 0 Å². The third-order valence-corrected chi connectivity index (χ3v) is 3.24. The van der Waals surface area contributed by atoms with Gasteiger partial charge in [-0.15, -0.1) is 0 Å². The van der Waals surface area contributed by atoms with Gasteiger partial charge in [-0.05, 0) is 13.0 Å². The summed E-state index contributed by atoms with van der Waals surface area (Å²) in [6.07, 6.45) is -3.17. The number of H-pyrrole nitrogens is 1. The minimum absolute atomic E-state index is 0.0891.